The zero-order valence-electron chi connectivity index (χ0n) is 2.44. The van der Waals surface area contributed by atoms with Crippen LogP contribution >= 0.6 is 15.9 Å². The summed E-state index contributed by atoms with van der Waals surface area (Å²) in [5.74, 6) is 0. The van der Waals surface area contributed by atoms with Gasteiger partial charge in [-0.05, 0) is 11.1 Å². The predicted molar refractivity (Wildman–Crippen MR) is 23.8 cm³/mol. The molecule has 0 aliphatic carbocycles. The van der Waals surface area contributed by atoms with E-state index in [1.54, 1.807) is 0 Å². The summed E-state index contributed by atoms with van der Waals surface area (Å²) < 4.78 is 0. The first-order valence-electron chi connectivity index (χ1n) is 1.04. The van der Waals surface area contributed by atoms with Crippen LogP contribution in [0.4, 0.5) is 0 Å². The van der Waals surface area contributed by atoms with Crippen molar-refractivity contribution in [1.82, 2.24) is 0 Å². The Labute approximate surface area is 38.8 Å². The smallest absolute Gasteiger partial charge is 0.226 e. The van der Waals surface area contributed by atoms with Gasteiger partial charge in [-0.2, -0.15) is 0 Å². The lowest BCUT2D eigenvalue weighted by atomic mass is 10.8. The third kappa shape index (κ3) is 3.89. The Bertz CT molecular complexity index is 48.9. The van der Waals surface area contributed by atoms with Crippen molar-refractivity contribution in [3.05, 3.63) is 11.1 Å². The summed E-state index contributed by atoms with van der Waals surface area (Å²) in [4.78, 5) is 10.6. The lowest BCUT2D eigenvalue weighted by Gasteiger charge is -1.47. The van der Waals surface area contributed by atoms with Gasteiger partial charge in [0.2, 0.25) is 6.29 Å². The first-order valence-corrected chi connectivity index (χ1v) is 1.96. The average molecular weight is 134 g/mol. The molecule has 0 aromatic rings. The van der Waals surface area contributed by atoms with Crippen molar-refractivity contribution in [2.45, 2.75) is 0 Å². The number of allylic oxidation sites excluding steroid dienone is 1. The van der Waals surface area contributed by atoms with Crippen LogP contribution in [0.1, 0.15) is 0 Å². The molecule has 0 fully saturated rings. The molecule has 0 unspecified atom stereocenters. The van der Waals surface area contributed by atoms with Gasteiger partial charge >= 0.3 is 0 Å². The molecule has 0 rings (SSSR count). The first-order chi connectivity index (χ1) is 2.41. The monoisotopic (exact) mass is 133 g/mol. The summed E-state index contributed by atoms with van der Waals surface area (Å²) in [6, 6.07) is 0. The van der Waals surface area contributed by atoms with Crippen LogP contribution in [0.15, 0.2) is 11.1 Å². The van der Waals surface area contributed by atoms with E-state index < -0.39 is 0 Å². The van der Waals surface area contributed by atoms with Crippen LogP contribution in [-0.4, -0.2) is 6.29 Å². The van der Waals surface area contributed by atoms with Crippen molar-refractivity contribution in [3.8, 4) is 0 Å². The summed E-state index contributed by atoms with van der Waals surface area (Å²) in [5.41, 5.74) is 0. The molecule has 5 heavy (non-hydrogen) atoms. The van der Waals surface area contributed by atoms with Gasteiger partial charge in [-0.1, -0.05) is 15.9 Å². The predicted octanol–water partition coefficient (Wildman–Crippen LogP) is 1.00. The first kappa shape index (κ1) is 4.89. The molecular weight excluding hydrogens is 132 g/mol. The lowest BCUT2D eigenvalue weighted by Crippen LogP contribution is -1.47. The average Bonchev–Trinajstić information content (AvgIpc) is 1.41. The molecule has 0 amide bonds. The van der Waals surface area contributed by atoms with Gasteiger partial charge in [-0.25, -0.2) is 0 Å². The zero-order chi connectivity index (χ0) is 4.12. The molecule has 0 aliphatic rings. The van der Waals surface area contributed by atoms with Gasteiger partial charge in [-0.15, -0.1) is 0 Å². The largest absolute Gasteiger partial charge is 0.286 e. The third-order valence-corrected chi connectivity index (χ3v) is 0.395. The van der Waals surface area contributed by atoms with Crippen molar-refractivity contribution in [1.29, 1.82) is 0 Å². The fourth-order valence-electron chi connectivity index (χ4n) is 0.0257. The number of hydrogen-bond acceptors (Lipinski definition) is 1. The van der Waals surface area contributed by atoms with Crippen molar-refractivity contribution in [2.75, 3.05) is 0 Å². The quantitative estimate of drug-likeness (QED) is 0.489. The fourth-order valence-corrected chi connectivity index (χ4v) is 0.134. The van der Waals surface area contributed by atoms with Gasteiger partial charge in [0.05, 0.1) is 0 Å². The summed E-state index contributed by atoms with van der Waals surface area (Å²) in [7, 11) is 0. The zero-order valence-corrected chi connectivity index (χ0v) is 4.03. The second-order valence-corrected chi connectivity index (χ2v) is 0.939. The molecule has 2 heteroatoms. The maximum Gasteiger partial charge on any atom is 0.226 e. The van der Waals surface area contributed by atoms with Gasteiger partial charge in [0, 0.05) is 0 Å². The lowest BCUT2D eigenvalue weighted by molar-refractivity contribution is 0.564. The Hall–Kier alpha value is -0.110. The van der Waals surface area contributed by atoms with Crippen molar-refractivity contribution >= 4 is 22.2 Å². The molecule has 1 nitrogen and oxygen atoms in total. The van der Waals surface area contributed by atoms with E-state index in [-0.39, 0.29) is 0 Å². The Morgan fingerprint density at radius 1 is 1.80 bits per heavy atom. The number of halogens is 1. The SMILES string of the molecule is O=[C]C=CBr. The topological polar surface area (TPSA) is 17.1 Å². The van der Waals surface area contributed by atoms with E-state index in [1.165, 1.54) is 17.3 Å². The summed E-state index contributed by atoms with van der Waals surface area (Å²) in [6.45, 7) is 0. The van der Waals surface area contributed by atoms with E-state index in [4.69, 9.17) is 4.79 Å². The Morgan fingerprint density at radius 2 is 2.40 bits per heavy atom. The molecule has 0 N–H and O–H groups in total. The van der Waals surface area contributed by atoms with Gasteiger partial charge in [0.25, 0.3) is 0 Å². The normalized spacial score (nSPS) is 9.00. The number of rotatable bonds is 1. The van der Waals surface area contributed by atoms with E-state index in [0.717, 1.165) is 0 Å². The van der Waals surface area contributed by atoms with E-state index in [1.807, 2.05) is 0 Å². The highest BCUT2D eigenvalue weighted by atomic mass is 79.9. The van der Waals surface area contributed by atoms with Gasteiger partial charge in [0.1, 0.15) is 0 Å². The Balaban J connectivity index is 2.92. The molecule has 0 saturated carbocycles. The van der Waals surface area contributed by atoms with Crippen LogP contribution in [-0.2, 0) is 4.79 Å². The van der Waals surface area contributed by atoms with Crippen molar-refractivity contribution in [3.63, 3.8) is 0 Å². The minimum absolute atomic E-state index is 1.24. The maximum absolute atomic E-state index is 9.16. The van der Waals surface area contributed by atoms with Crippen LogP contribution in [0.2, 0.25) is 0 Å². The molecular formula is C3H2BrO. The highest BCUT2D eigenvalue weighted by Gasteiger charge is 1.53. The molecule has 0 heterocycles. The van der Waals surface area contributed by atoms with E-state index in [2.05, 4.69) is 15.9 Å². The van der Waals surface area contributed by atoms with Crippen LogP contribution in [0.5, 0.6) is 0 Å². The van der Waals surface area contributed by atoms with E-state index in [9.17, 15) is 0 Å². The van der Waals surface area contributed by atoms with E-state index >= 15 is 0 Å². The minimum Gasteiger partial charge on any atom is -0.286 e. The summed E-state index contributed by atoms with van der Waals surface area (Å²) in [6.07, 6.45) is 2.78. The second kappa shape index (κ2) is 3.89. The minimum atomic E-state index is 1.24. The van der Waals surface area contributed by atoms with Crippen LogP contribution in [0.25, 0.3) is 0 Å². The van der Waals surface area contributed by atoms with Crippen LogP contribution < -0.4 is 0 Å². The highest BCUT2D eigenvalue weighted by molar-refractivity contribution is 9.11. The van der Waals surface area contributed by atoms with Crippen LogP contribution in [0.3, 0.4) is 0 Å². The van der Waals surface area contributed by atoms with Gasteiger partial charge in [-0.3, -0.25) is 4.79 Å². The number of hydrogen-bond donors (Lipinski definition) is 0. The Kier molecular flexibility index (Phi) is 3.80. The molecule has 0 aliphatic heterocycles. The highest BCUT2D eigenvalue weighted by Crippen LogP contribution is 1.75. The Morgan fingerprint density at radius 3 is 2.40 bits per heavy atom. The molecule has 0 saturated heterocycles. The molecule has 0 aromatic heterocycles. The fraction of sp³-hybridized carbons (Fsp3) is 0. The van der Waals surface area contributed by atoms with Gasteiger partial charge < -0.3 is 0 Å². The molecule has 0 spiro atoms. The summed E-state index contributed by atoms with van der Waals surface area (Å²) in [5, 5.41) is 0. The van der Waals surface area contributed by atoms with Crippen molar-refractivity contribution in [2.24, 2.45) is 0 Å². The molecule has 0 bridgehead atoms. The summed E-state index contributed by atoms with van der Waals surface area (Å²) >= 11 is 2.87. The maximum atomic E-state index is 9.16. The molecule has 0 aromatic carbocycles. The standard InChI is InChI=1S/C3H2BrO/c4-2-1-3-5/h1-2H. The second-order valence-electron chi connectivity index (χ2n) is 0.411. The van der Waals surface area contributed by atoms with E-state index in [0.29, 0.717) is 0 Å². The van der Waals surface area contributed by atoms with Crippen LogP contribution in [0, 0.1) is 0 Å². The van der Waals surface area contributed by atoms with Gasteiger partial charge in [0.15, 0.2) is 0 Å². The molecule has 0 atom stereocenters. The molecule has 27 valence electrons. The third-order valence-electron chi connectivity index (χ3n) is 0.131. The molecule has 1 radical (unpaired) electrons. The number of carbonyl (C=O) groups excluding carboxylic acids is 1. The van der Waals surface area contributed by atoms with Crippen molar-refractivity contribution < 1.29 is 4.79 Å².